The van der Waals surface area contributed by atoms with Crippen LogP contribution in [0.2, 0.25) is 0 Å². The molecule has 5 rings (SSSR count). The second kappa shape index (κ2) is 10.5. The summed E-state index contributed by atoms with van der Waals surface area (Å²) in [5.41, 5.74) is 3.43. The first kappa shape index (κ1) is 27.0. The van der Waals surface area contributed by atoms with Gasteiger partial charge in [-0.05, 0) is 48.7 Å². The zero-order valence-corrected chi connectivity index (χ0v) is 22.4. The molecule has 1 aliphatic heterocycles. The Balaban J connectivity index is 1.47. The van der Waals surface area contributed by atoms with Crippen LogP contribution < -0.4 is 10.9 Å². The van der Waals surface area contributed by atoms with E-state index in [0.29, 0.717) is 42.0 Å². The Kier molecular flexibility index (Phi) is 7.12. The summed E-state index contributed by atoms with van der Waals surface area (Å²) in [6, 6.07) is 7.31. The van der Waals surface area contributed by atoms with Gasteiger partial charge in [0.05, 0.1) is 23.1 Å². The van der Waals surface area contributed by atoms with E-state index in [1.165, 1.54) is 29.0 Å². The number of carboxylic acids is 1. The molecule has 206 valence electrons. The van der Waals surface area contributed by atoms with Crippen LogP contribution in [-0.2, 0) is 7.05 Å². The zero-order chi connectivity index (χ0) is 28.7. The molecule has 1 aromatic carbocycles. The summed E-state index contributed by atoms with van der Waals surface area (Å²) in [5, 5.41) is 12.7. The quantitative estimate of drug-likeness (QED) is 0.330. The maximum absolute atomic E-state index is 15.0. The molecule has 0 amide bonds. The van der Waals surface area contributed by atoms with Gasteiger partial charge in [-0.3, -0.25) is 14.3 Å². The second-order valence-corrected chi connectivity index (χ2v) is 9.77. The first-order chi connectivity index (χ1) is 19.1. The third-order valence-corrected chi connectivity index (χ3v) is 7.60. The number of nitrogens with zero attached hydrogens (tertiary/aromatic N) is 4. The largest absolute Gasteiger partial charge is 0.478 e. The maximum Gasteiger partial charge on any atom is 0.335 e. The van der Waals surface area contributed by atoms with E-state index in [4.69, 9.17) is 0 Å². The van der Waals surface area contributed by atoms with Gasteiger partial charge in [0.1, 0.15) is 11.5 Å². The Morgan fingerprint density at radius 2 is 2.00 bits per heavy atom. The molecule has 4 heterocycles. The lowest BCUT2D eigenvalue weighted by Crippen LogP contribution is -2.32. The van der Waals surface area contributed by atoms with Gasteiger partial charge in [-0.1, -0.05) is 18.7 Å². The number of nitrogens with one attached hydrogen (secondary N) is 1. The van der Waals surface area contributed by atoms with Crippen LogP contribution in [0.15, 0.2) is 60.2 Å². The monoisotopic (exact) mass is 545 g/mol. The molecule has 8 nitrogen and oxygen atoms in total. The molecule has 0 saturated carbocycles. The van der Waals surface area contributed by atoms with Crippen LogP contribution >= 0.6 is 0 Å². The number of benzene rings is 1. The van der Waals surface area contributed by atoms with Crippen molar-refractivity contribution in [1.82, 2.24) is 19.0 Å². The predicted molar refractivity (Wildman–Crippen MR) is 152 cm³/mol. The lowest BCUT2D eigenvalue weighted by atomic mass is 9.92. The number of carboxylic acid groups (broad SMARTS) is 1. The Hall–Kier alpha value is -4.57. The molecule has 10 heteroatoms. The molecule has 0 radical (unpaired) electrons. The predicted octanol–water partition coefficient (Wildman–Crippen LogP) is 5.24. The molecule has 0 saturated heterocycles. The van der Waals surface area contributed by atoms with Crippen molar-refractivity contribution in [2.45, 2.75) is 19.4 Å². The second-order valence-electron chi connectivity index (χ2n) is 9.77. The SMILES string of the molecule is C=Cc1cc(C(=O)O)cc(F)c1C1=CCN(C(C)c2cc3c(-n4cc(F)c(NC)cc4=O)ccnc3n2C)CC1. The Bertz CT molecular complexity index is 1750. The van der Waals surface area contributed by atoms with Crippen molar-refractivity contribution in [2.24, 2.45) is 7.05 Å². The molecule has 1 unspecified atom stereocenters. The number of rotatable bonds is 7. The molecular weight excluding hydrogens is 516 g/mol. The molecule has 0 bridgehead atoms. The van der Waals surface area contributed by atoms with Gasteiger partial charge < -0.3 is 15.0 Å². The number of hydrogen-bond acceptors (Lipinski definition) is 5. The average Bonchev–Trinajstić information content (AvgIpc) is 3.29. The van der Waals surface area contributed by atoms with Crippen LogP contribution in [0.3, 0.4) is 0 Å². The molecule has 1 aliphatic rings. The van der Waals surface area contributed by atoms with E-state index >= 15 is 0 Å². The number of carbonyl (C=O) groups is 1. The summed E-state index contributed by atoms with van der Waals surface area (Å²) >= 11 is 0. The Labute approximate surface area is 229 Å². The fraction of sp³-hybridized carbons (Fsp3) is 0.233. The minimum atomic E-state index is -1.19. The van der Waals surface area contributed by atoms with E-state index < -0.39 is 17.6 Å². The van der Waals surface area contributed by atoms with E-state index in [0.717, 1.165) is 22.7 Å². The molecule has 40 heavy (non-hydrogen) atoms. The van der Waals surface area contributed by atoms with Crippen LogP contribution in [0.5, 0.6) is 0 Å². The van der Waals surface area contributed by atoms with Crippen molar-refractivity contribution in [3.05, 3.63) is 99.8 Å². The Morgan fingerprint density at radius 1 is 1.23 bits per heavy atom. The van der Waals surface area contributed by atoms with Gasteiger partial charge in [-0.25, -0.2) is 18.6 Å². The first-order valence-corrected chi connectivity index (χ1v) is 12.8. The molecule has 0 fully saturated rings. The molecule has 1 atom stereocenters. The molecule has 2 N–H and O–H groups in total. The first-order valence-electron chi connectivity index (χ1n) is 12.8. The van der Waals surface area contributed by atoms with Crippen molar-refractivity contribution >= 4 is 34.3 Å². The highest BCUT2D eigenvalue weighted by Gasteiger charge is 2.25. The minimum absolute atomic E-state index is 0.0527. The summed E-state index contributed by atoms with van der Waals surface area (Å²) in [6.07, 6.45) is 6.78. The topological polar surface area (TPSA) is 92.4 Å². The van der Waals surface area contributed by atoms with E-state index in [1.54, 1.807) is 19.3 Å². The van der Waals surface area contributed by atoms with Crippen molar-refractivity contribution in [3.63, 3.8) is 0 Å². The molecule has 0 spiro atoms. The smallest absolute Gasteiger partial charge is 0.335 e. The highest BCUT2D eigenvalue weighted by Crippen LogP contribution is 2.34. The number of aromatic nitrogens is 3. The summed E-state index contributed by atoms with van der Waals surface area (Å²) in [4.78, 5) is 30.9. The number of halogens is 2. The van der Waals surface area contributed by atoms with Gasteiger partial charge in [0.25, 0.3) is 5.56 Å². The Morgan fingerprint density at radius 3 is 2.65 bits per heavy atom. The fourth-order valence-electron chi connectivity index (χ4n) is 5.43. The fourth-order valence-corrected chi connectivity index (χ4v) is 5.43. The number of anilines is 1. The van der Waals surface area contributed by atoms with Gasteiger partial charge in [0, 0.05) is 62.1 Å². The number of hydrogen-bond donors (Lipinski definition) is 2. The lowest BCUT2D eigenvalue weighted by molar-refractivity contribution is 0.0696. The van der Waals surface area contributed by atoms with E-state index in [1.807, 2.05) is 23.8 Å². The van der Waals surface area contributed by atoms with E-state index in [9.17, 15) is 23.5 Å². The maximum atomic E-state index is 15.0. The van der Waals surface area contributed by atoms with Crippen LogP contribution in [0, 0.1) is 11.6 Å². The highest BCUT2D eigenvalue weighted by molar-refractivity contribution is 5.90. The van der Waals surface area contributed by atoms with Crippen LogP contribution in [0.25, 0.3) is 28.4 Å². The highest BCUT2D eigenvalue weighted by atomic mass is 19.1. The van der Waals surface area contributed by atoms with Gasteiger partial charge in [-0.2, -0.15) is 0 Å². The molecule has 0 aliphatic carbocycles. The van der Waals surface area contributed by atoms with Crippen molar-refractivity contribution < 1.29 is 18.7 Å². The van der Waals surface area contributed by atoms with Crippen molar-refractivity contribution in [3.8, 4) is 5.69 Å². The number of pyridine rings is 2. The lowest BCUT2D eigenvalue weighted by Gasteiger charge is -2.32. The summed E-state index contributed by atoms with van der Waals surface area (Å²) in [7, 11) is 3.46. The molecule has 3 aromatic heterocycles. The van der Waals surface area contributed by atoms with Gasteiger partial charge >= 0.3 is 5.97 Å². The summed E-state index contributed by atoms with van der Waals surface area (Å²) in [5.74, 6) is -2.31. The molecule has 4 aromatic rings. The van der Waals surface area contributed by atoms with Gasteiger partial charge in [-0.15, -0.1) is 0 Å². The number of fused-ring (bicyclic) bond motifs is 1. The van der Waals surface area contributed by atoms with Crippen molar-refractivity contribution in [2.75, 3.05) is 25.5 Å². The number of aryl methyl sites for hydroxylation is 1. The van der Waals surface area contributed by atoms with E-state index in [2.05, 4.69) is 28.7 Å². The third-order valence-electron chi connectivity index (χ3n) is 7.60. The standard InChI is InChI=1S/C30H29F2N5O3/c1-5-18-12-20(30(39)40)13-22(31)28(18)19-7-10-36(11-8-19)17(2)26-14-21-25(6-9-34-29(21)35(26)4)37-16-23(32)24(33-3)15-27(37)38/h5-7,9,12-17,33H,1,8,10-11H2,2-4H3,(H,39,40). The van der Waals surface area contributed by atoms with Gasteiger partial charge in [0.2, 0.25) is 0 Å². The zero-order valence-electron chi connectivity index (χ0n) is 22.4. The van der Waals surface area contributed by atoms with Crippen LogP contribution in [-0.4, -0.2) is 50.2 Å². The third kappa shape index (κ3) is 4.60. The summed E-state index contributed by atoms with van der Waals surface area (Å²) in [6.45, 7) is 6.99. The van der Waals surface area contributed by atoms with Crippen LogP contribution in [0.4, 0.5) is 14.5 Å². The van der Waals surface area contributed by atoms with Crippen LogP contribution in [0.1, 0.15) is 46.6 Å². The van der Waals surface area contributed by atoms with Crippen molar-refractivity contribution in [1.29, 1.82) is 0 Å². The van der Waals surface area contributed by atoms with E-state index in [-0.39, 0.29) is 22.9 Å². The van der Waals surface area contributed by atoms with Gasteiger partial charge in [0.15, 0.2) is 5.82 Å². The molecular formula is C30H29F2N5O3. The number of aromatic carboxylic acids is 1. The minimum Gasteiger partial charge on any atom is -0.478 e. The summed E-state index contributed by atoms with van der Waals surface area (Å²) < 4.78 is 32.8. The average molecular weight is 546 g/mol. The normalized spacial score (nSPS) is 14.7.